The van der Waals surface area contributed by atoms with Crippen molar-refractivity contribution in [1.29, 1.82) is 0 Å². The molecule has 2 unspecified atom stereocenters. The van der Waals surface area contributed by atoms with Crippen LogP contribution in [-0.2, 0) is 0 Å². The van der Waals surface area contributed by atoms with Crippen LogP contribution in [0.3, 0.4) is 0 Å². The molecule has 18 heavy (non-hydrogen) atoms. The molecule has 2 aromatic rings. The average Bonchev–Trinajstić information content (AvgIpc) is 2.69. The number of aromatic nitrogens is 2. The van der Waals surface area contributed by atoms with Crippen LogP contribution >= 0.6 is 15.9 Å². The molecule has 4 nitrogen and oxygen atoms in total. The van der Waals surface area contributed by atoms with Crippen molar-refractivity contribution in [3.63, 3.8) is 0 Å². The van der Waals surface area contributed by atoms with E-state index >= 15 is 0 Å². The summed E-state index contributed by atoms with van der Waals surface area (Å²) in [5.74, 6) is 0. The Balaban J connectivity index is 2.20. The number of pyridine rings is 1. The average molecular weight is 310 g/mol. The number of piperidine rings is 1. The van der Waals surface area contributed by atoms with E-state index in [1.165, 1.54) is 0 Å². The lowest BCUT2D eigenvalue weighted by Crippen LogP contribution is -2.40. The molecule has 1 aliphatic rings. The standard InChI is InChI=1S/C13H16BrN3O/c1-8-11(3-2-5-15-8)17-7-10(14)9-4-6-16-13(18)12(9)17/h4,6-8,11,15H,2-3,5H2,1H3,(H,16,18). The molecule has 3 rings (SSSR count). The number of hydrogen-bond donors (Lipinski definition) is 2. The van der Waals surface area contributed by atoms with Crippen molar-refractivity contribution in [2.24, 2.45) is 0 Å². The maximum Gasteiger partial charge on any atom is 0.272 e. The van der Waals surface area contributed by atoms with Gasteiger partial charge in [0, 0.05) is 34.3 Å². The van der Waals surface area contributed by atoms with E-state index in [0.717, 1.165) is 34.8 Å². The lowest BCUT2D eigenvalue weighted by Gasteiger charge is -2.31. The summed E-state index contributed by atoms with van der Waals surface area (Å²) in [4.78, 5) is 14.8. The highest BCUT2D eigenvalue weighted by molar-refractivity contribution is 9.10. The summed E-state index contributed by atoms with van der Waals surface area (Å²) in [6.45, 7) is 3.25. The van der Waals surface area contributed by atoms with E-state index in [1.54, 1.807) is 6.20 Å². The second-order valence-electron chi connectivity index (χ2n) is 4.91. The highest BCUT2D eigenvalue weighted by Crippen LogP contribution is 2.30. The van der Waals surface area contributed by atoms with Gasteiger partial charge in [-0.3, -0.25) is 4.79 Å². The van der Waals surface area contributed by atoms with Crippen LogP contribution in [0, 0.1) is 0 Å². The Morgan fingerprint density at radius 1 is 1.50 bits per heavy atom. The number of hydrogen-bond acceptors (Lipinski definition) is 2. The van der Waals surface area contributed by atoms with Gasteiger partial charge in [-0.25, -0.2) is 0 Å². The van der Waals surface area contributed by atoms with Crippen LogP contribution in [0.1, 0.15) is 25.8 Å². The van der Waals surface area contributed by atoms with Crippen molar-refractivity contribution in [3.05, 3.63) is 33.3 Å². The highest BCUT2D eigenvalue weighted by atomic mass is 79.9. The van der Waals surface area contributed by atoms with Crippen LogP contribution in [0.2, 0.25) is 0 Å². The Labute approximate surface area is 114 Å². The fourth-order valence-corrected chi connectivity index (χ4v) is 3.38. The third kappa shape index (κ3) is 1.82. The first-order chi connectivity index (χ1) is 8.68. The largest absolute Gasteiger partial charge is 0.337 e. The smallest absolute Gasteiger partial charge is 0.272 e. The van der Waals surface area contributed by atoms with Crippen LogP contribution in [0.25, 0.3) is 10.9 Å². The molecule has 0 aliphatic carbocycles. The zero-order valence-electron chi connectivity index (χ0n) is 10.2. The topological polar surface area (TPSA) is 49.8 Å². The number of aromatic amines is 1. The van der Waals surface area contributed by atoms with Crippen molar-refractivity contribution in [2.75, 3.05) is 6.54 Å². The number of H-pyrrole nitrogens is 1. The van der Waals surface area contributed by atoms with Gasteiger partial charge in [0.15, 0.2) is 0 Å². The van der Waals surface area contributed by atoms with Gasteiger partial charge in [-0.1, -0.05) is 0 Å². The molecule has 1 aliphatic heterocycles. The van der Waals surface area contributed by atoms with Crippen molar-refractivity contribution in [1.82, 2.24) is 14.9 Å². The molecule has 0 amide bonds. The Morgan fingerprint density at radius 2 is 2.33 bits per heavy atom. The Bertz CT molecular complexity index is 631. The molecule has 0 radical (unpaired) electrons. The SMILES string of the molecule is CC1NCCCC1n1cc(Br)c2cc[nH]c(=O)c21. The second-order valence-corrected chi connectivity index (χ2v) is 5.76. The molecule has 0 bridgehead atoms. The quantitative estimate of drug-likeness (QED) is 0.850. The fourth-order valence-electron chi connectivity index (χ4n) is 2.84. The van der Waals surface area contributed by atoms with E-state index in [4.69, 9.17) is 0 Å². The summed E-state index contributed by atoms with van der Waals surface area (Å²) in [5.41, 5.74) is 0.751. The minimum Gasteiger partial charge on any atom is -0.337 e. The lowest BCUT2D eigenvalue weighted by atomic mass is 9.99. The zero-order chi connectivity index (χ0) is 12.7. The first-order valence-corrected chi connectivity index (χ1v) is 7.09. The Hall–Kier alpha value is -1.07. The summed E-state index contributed by atoms with van der Waals surface area (Å²) in [7, 11) is 0. The van der Waals surface area contributed by atoms with Crippen molar-refractivity contribution < 1.29 is 0 Å². The molecule has 96 valence electrons. The third-order valence-corrected chi connectivity index (χ3v) is 4.41. The van der Waals surface area contributed by atoms with Crippen LogP contribution < -0.4 is 10.9 Å². The molecule has 1 saturated heterocycles. The van der Waals surface area contributed by atoms with Gasteiger partial charge in [0.1, 0.15) is 5.52 Å². The summed E-state index contributed by atoms with van der Waals surface area (Å²) in [5, 5.41) is 4.46. The van der Waals surface area contributed by atoms with Crippen molar-refractivity contribution in [3.8, 4) is 0 Å². The molecule has 1 fully saturated rings. The Morgan fingerprint density at radius 3 is 3.11 bits per heavy atom. The second kappa shape index (κ2) is 4.55. The summed E-state index contributed by atoms with van der Waals surface area (Å²) >= 11 is 3.54. The molecule has 3 heterocycles. The predicted octanol–water partition coefficient (Wildman–Crippen LogP) is 2.41. The summed E-state index contributed by atoms with van der Waals surface area (Å²) < 4.78 is 3.11. The van der Waals surface area contributed by atoms with Crippen molar-refractivity contribution >= 4 is 26.8 Å². The van der Waals surface area contributed by atoms with Gasteiger partial charge in [-0.15, -0.1) is 0 Å². The van der Waals surface area contributed by atoms with Crippen LogP contribution in [0.4, 0.5) is 0 Å². The minimum absolute atomic E-state index is 0.0176. The maximum atomic E-state index is 12.0. The normalized spacial score (nSPS) is 24.6. The van der Waals surface area contributed by atoms with Crippen molar-refractivity contribution in [2.45, 2.75) is 31.8 Å². The number of rotatable bonds is 1. The van der Waals surface area contributed by atoms with Gasteiger partial charge in [0.2, 0.25) is 0 Å². The molecule has 0 saturated carbocycles. The molecular weight excluding hydrogens is 294 g/mol. The van der Waals surface area contributed by atoms with Crippen LogP contribution in [-0.4, -0.2) is 22.1 Å². The predicted molar refractivity (Wildman–Crippen MR) is 76.0 cm³/mol. The highest BCUT2D eigenvalue weighted by Gasteiger charge is 2.25. The van der Waals surface area contributed by atoms with Gasteiger partial charge < -0.3 is 14.9 Å². The number of halogens is 1. The van der Waals surface area contributed by atoms with Gasteiger partial charge in [-0.2, -0.15) is 0 Å². The maximum absolute atomic E-state index is 12.0. The summed E-state index contributed by atoms with van der Waals surface area (Å²) in [6.07, 6.45) is 5.99. The Kier molecular flexibility index (Phi) is 3.03. The van der Waals surface area contributed by atoms with Crippen LogP contribution in [0.15, 0.2) is 27.7 Å². The van der Waals surface area contributed by atoms with E-state index in [-0.39, 0.29) is 5.56 Å². The van der Waals surface area contributed by atoms with E-state index in [2.05, 4.69) is 37.7 Å². The van der Waals surface area contributed by atoms with Gasteiger partial charge in [0.25, 0.3) is 5.56 Å². The first kappa shape index (κ1) is 12.0. The molecule has 0 aromatic carbocycles. The molecule has 2 N–H and O–H groups in total. The van der Waals surface area contributed by atoms with Gasteiger partial charge in [0.05, 0.1) is 0 Å². The number of nitrogens with one attached hydrogen (secondary N) is 2. The monoisotopic (exact) mass is 309 g/mol. The van der Waals surface area contributed by atoms with Gasteiger partial charge >= 0.3 is 0 Å². The van der Waals surface area contributed by atoms with E-state index in [0.29, 0.717) is 12.1 Å². The fraction of sp³-hybridized carbons (Fsp3) is 0.462. The lowest BCUT2D eigenvalue weighted by molar-refractivity contribution is 0.301. The van der Waals surface area contributed by atoms with E-state index in [9.17, 15) is 4.79 Å². The third-order valence-electron chi connectivity index (χ3n) is 3.78. The number of fused-ring (bicyclic) bond motifs is 1. The van der Waals surface area contributed by atoms with Gasteiger partial charge in [-0.05, 0) is 48.3 Å². The van der Waals surface area contributed by atoms with Crippen LogP contribution in [0.5, 0.6) is 0 Å². The van der Waals surface area contributed by atoms with E-state index in [1.807, 2.05) is 12.3 Å². The van der Waals surface area contributed by atoms with E-state index < -0.39 is 0 Å². The molecule has 0 spiro atoms. The molecular formula is C13H16BrN3O. The summed E-state index contributed by atoms with van der Waals surface area (Å²) in [6, 6.07) is 2.68. The number of nitrogens with zero attached hydrogens (tertiary/aromatic N) is 1. The molecule has 5 heteroatoms. The molecule has 2 aromatic heterocycles. The molecule has 2 atom stereocenters. The first-order valence-electron chi connectivity index (χ1n) is 6.29. The minimum atomic E-state index is -0.0176. The zero-order valence-corrected chi connectivity index (χ0v) is 11.8.